The number of fused-ring (bicyclic) bond motifs is 1. The van der Waals surface area contributed by atoms with Crippen molar-refractivity contribution in [3.05, 3.63) is 22.6 Å². The fourth-order valence-corrected chi connectivity index (χ4v) is 3.06. The van der Waals surface area contributed by atoms with E-state index in [2.05, 4.69) is 37.4 Å². The van der Waals surface area contributed by atoms with E-state index in [4.69, 9.17) is 5.73 Å². The van der Waals surface area contributed by atoms with Gasteiger partial charge in [-0.25, -0.2) is 9.50 Å². The second kappa shape index (κ2) is 5.24. The molecule has 0 radical (unpaired) electrons. The number of anilines is 1. The van der Waals surface area contributed by atoms with Crippen LogP contribution in [0.15, 0.2) is 16.9 Å². The van der Waals surface area contributed by atoms with Gasteiger partial charge in [-0.2, -0.15) is 5.10 Å². The number of nitrogens with one attached hydrogen (secondary N) is 1. The van der Waals surface area contributed by atoms with Gasteiger partial charge in [-0.15, -0.1) is 0 Å². The molecule has 3 heterocycles. The summed E-state index contributed by atoms with van der Waals surface area (Å²) < 4.78 is 2.90. The number of piperidine rings is 1. The third-order valence-electron chi connectivity index (χ3n) is 3.32. The van der Waals surface area contributed by atoms with E-state index in [1.165, 1.54) is 12.0 Å². The van der Waals surface area contributed by atoms with Crippen LogP contribution in [0.3, 0.4) is 0 Å². The van der Waals surface area contributed by atoms with Gasteiger partial charge in [0.2, 0.25) is 0 Å². The molecule has 5 nitrogen and oxygen atoms in total. The predicted molar refractivity (Wildman–Crippen MR) is 76.7 cm³/mol. The van der Waals surface area contributed by atoms with Crippen molar-refractivity contribution in [1.29, 1.82) is 0 Å². The van der Waals surface area contributed by atoms with Crippen LogP contribution in [0.4, 0.5) is 5.82 Å². The molecule has 1 saturated heterocycles. The van der Waals surface area contributed by atoms with Crippen LogP contribution in [-0.2, 0) is 0 Å². The molecule has 1 aliphatic rings. The molecule has 1 fully saturated rings. The van der Waals surface area contributed by atoms with Crippen LogP contribution >= 0.6 is 15.9 Å². The summed E-state index contributed by atoms with van der Waals surface area (Å²) in [5.41, 5.74) is 7.99. The molecule has 0 spiro atoms. The van der Waals surface area contributed by atoms with E-state index in [0.29, 0.717) is 11.7 Å². The Morgan fingerprint density at radius 2 is 2.11 bits per heavy atom. The van der Waals surface area contributed by atoms with Crippen LogP contribution in [0.25, 0.3) is 5.52 Å². The fourth-order valence-electron chi connectivity index (χ4n) is 2.45. The zero-order valence-corrected chi connectivity index (χ0v) is 10.9. The Morgan fingerprint density at radius 3 is 2.83 bits per heavy atom. The van der Waals surface area contributed by atoms with Crippen molar-refractivity contribution in [2.24, 2.45) is 0 Å². The van der Waals surface area contributed by atoms with Crippen LogP contribution in [-0.4, -0.2) is 27.7 Å². The number of hydrogen-bond acceptors (Lipinski definition) is 4. The van der Waals surface area contributed by atoms with E-state index in [1.54, 1.807) is 0 Å². The smallest absolute Gasteiger partial charge is 0.152 e. The van der Waals surface area contributed by atoms with Gasteiger partial charge >= 0.3 is 0 Å². The molecule has 0 amide bonds. The maximum Gasteiger partial charge on any atom is 0.152 e. The molecule has 2 aromatic rings. The average molecular weight is 312 g/mol. The van der Waals surface area contributed by atoms with E-state index >= 15 is 0 Å². The number of halogens is 1. The minimum atomic E-state index is 0. The molecule has 0 aliphatic carbocycles. The highest BCUT2D eigenvalue weighted by Crippen LogP contribution is 2.32. The summed E-state index contributed by atoms with van der Waals surface area (Å²) in [6.45, 7) is 2.13. The summed E-state index contributed by atoms with van der Waals surface area (Å²) in [6, 6.07) is 2.12. The Bertz CT molecular complexity index is 545. The number of rotatable bonds is 1. The van der Waals surface area contributed by atoms with Crippen molar-refractivity contribution in [3.63, 3.8) is 0 Å². The molecule has 0 unspecified atom stereocenters. The zero-order valence-electron chi connectivity index (χ0n) is 9.36. The standard InChI is InChI=1S/C11H14BrN5.CH4/c12-8-5-9(7-1-3-14-4-2-7)17-10(8)11(13)15-6-16-17;/h5-7,14H,1-4H2,(H2,13,15,16);1H4. The molecule has 6 heteroatoms. The lowest BCUT2D eigenvalue weighted by molar-refractivity contribution is 0.448. The van der Waals surface area contributed by atoms with Gasteiger partial charge in [0.15, 0.2) is 5.82 Å². The summed E-state index contributed by atoms with van der Waals surface area (Å²) in [7, 11) is 0. The highest BCUT2D eigenvalue weighted by atomic mass is 79.9. The molecule has 3 rings (SSSR count). The molecular formula is C12H18BrN5. The first kappa shape index (κ1) is 13.3. The summed E-state index contributed by atoms with van der Waals surface area (Å²) in [4.78, 5) is 4.03. The molecule has 18 heavy (non-hydrogen) atoms. The van der Waals surface area contributed by atoms with Crippen molar-refractivity contribution in [2.75, 3.05) is 18.8 Å². The SMILES string of the molecule is C.Nc1ncnn2c(C3CCNCC3)cc(Br)c12. The summed E-state index contributed by atoms with van der Waals surface area (Å²) >= 11 is 3.54. The molecule has 3 N–H and O–H groups in total. The lowest BCUT2D eigenvalue weighted by atomic mass is 9.95. The van der Waals surface area contributed by atoms with Crippen molar-refractivity contribution < 1.29 is 0 Å². The average Bonchev–Trinajstić information content (AvgIpc) is 2.69. The third kappa shape index (κ3) is 2.10. The molecule has 0 bridgehead atoms. The predicted octanol–water partition coefficient (Wildman–Crippen LogP) is 2.18. The molecule has 1 aliphatic heterocycles. The van der Waals surface area contributed by atoms with Crippen LogP contribution < -0.4 is 11.1 Å². The first-order chi connectivity index (χ1) is 8.27. The summed E-state index contributed by atoms with van der Waals surface area (Å²) in [6.07, 6.45) is 3.80. The van der Waals surface area contributed by atoms with Gasteiger partial charge in [-0.3, -0.25) is 0 Å². The number of nitrogens with zero attached hydrogens (tertiary/aromatic N) is 3. The van der Waals surface area contributed by atoms with Crippen molar-refractivity contribution in [3.8, 4) is 0 Å². The molecular weight excluding hydrogens is 294 g/mol. The molecule has 0 aromatic carbocycles. The molecule has 0 atom stereocenters. The minimum absolute atomic E-state index is 0. The highest BCUT2D eigenvalue weighted by molar-refractivity contribution is 9.10. The van der Waals surface area contributed by atoms with E-state index in [9.17, 15) is 0 Å². The summed E-state index contributed by atoms with van der Waals surface area (Å²) in [5.74, 6) is 1.07. The number of nitrogens with two attached hydrogens (primary N) is 1. The van der Waals surface area contributed by atoms with E-state index in [0.717, 1.165) is 35.9 Å². The van der Waals surface area contributed by atoms with Gasteiger partial charge in [0.25, 0.3) is 0 Å². The maximum atomic E-state index is 5.89. The van der Waals surface area contributed by atoms with Crippen LogP contribution in [0, 0.1) is 0 Å². The molecule has 2 aromatic heterocycles. The van der Waals surface area contributed by atoms with Gasteiger partial charge in [-0.05, 0) is 47.9 Å². The molecule has 98 valence electrons. The van der Waals surface area contributed by atoms with Crippen molar-refractivity contribution in [1.82, 2.24) is 19.9 Å². The topological polar surface area (TPSA) is 68.2 Å². The highest BCUT2D eigenvalue weighted by Gasteiger charge is 2.21. The second-order valence-electron chi connectivity index (χ2n) is 4.35. The monoisotopic (exact) mass is 311 g/mol. The van der Waals surface area contributed by atoms with Crippen molar-refractivity contribution in [2.45, 2.75) is 26.2 Å². The third-order valence-corrected chi connectivity index (χ3v) is 3.93. The fraction of sp³-hybridized carbons (Fsp3) is 0.500. The Hall–Kier alpha value is -1.14. The Kier molecular flexibility index (Phi) is 3.87. The Labute approximate surface area is 115 Å². The van der Waals surface area contributed by atoms with Gasteiger partial charge in [0.05, 0.1) is 0 Å². The lowest BCUT2D eigenvalue weighted by Gasteiger charge is -2.22. The second-order valence-corrected chi connectivity index (χ2v) is 5.20. The maximum absolute atomic E-state index is 5.89. The first-order valence-electron chi connectivity index (χ1n) is 5.75. The number of hydrogen-bond donors (Lipinski definition) is 2. The van der Waals surface area contributed by atoms with Gasteiger partial charge in [-0.1, -0.05) is 7.43 Å². The minimum Gasteiger partial charge on any atom is -0.382 e. The van der Waals surface area contributed by atoms with Gasteiger partial charge in [0, 0.05) is 16.1 Å². The zero-order chi connectivity index (χ0) is 11.8. The largest absolute Gasteiger partial charge is 0.382 e. The van der Waals surface area contributed by atoms with Crippen LogP contribution in [0.2, 0.25) is 0 Å². The van der Waals surface area contributed by atoms with Crippen molar-refractivity contribution >= 4 is 27.3 Å². The van der Waals surface area contributed by atoms with E-state index < -0.39 is 0 Å². The van der Waals surface area contributed by atoms with Gasteiger partial charge < -0.3 is 11.1 Å². The Balaban J connectivity index is 0.00000120. The number of aromatic nitrogens is 3. The van der Waals surface area contributed by atoms with Crippen LogP contribution in [0.1, 0.15) is 31.9 Å². The van der Waals surface area contributed by atoms with E-state index in [1.807, 2.05) is 4.52 Å². The quantitative estimate of drug-likeness (QED) is 0.847. The Morgan fingerprint density at radius 1 is 1.39 bits per heavy atom. The van der Waals surface area contributed by atoms with Gasteiger partial charge in [0.1, 0.15) is 11.8 Å². The lowest BCUT2D eigenvalue weighted by Crippen LogP contribution is -2.27. The summed E-state index contributed by atoms with van der Waals surface area (Å²) in [5, 5.41) is 7.69. The first-order valence-corrected chi connectivity index (χ1v) is 6.55. The number of nitrogen functional groups attached to an aromatic ring is 1. The molecule has 0 saturated carbocycles. The normalized spacial score (nSPS) is 16.7. The van der Waals surface area contributed by atoms with Crippen LogP contribution in [0.5, 0.6) is 0 Å². The van der Waals surface area contributed by atoms with E-state index in [-0.39, 0.29) is 7.43 Å².